The molecular formula is C21H23N7O. The molecule has 2 atom stereocenters. The van der Waals surface area contributed by atoms with E-state index < -0.39 is 0 Å². The molecule has 3 aromatic rings. The summed E-state index contributed by atoms with van der Waals surface area (Å²) in [6, 6.07) is 7.68. The van der Waals surface area contributed by atoms with Gasteiger partial charge in [-0.15, -0.1) is 5.10 Å². The third kappa shape index (κ3) is 2.82. The van der Waals surface area contributed by atoms with Crippen molar-refractivity contribution in [1.29, 1.82) is 0 Å². The zero-order chi connectivity index (χ0) is 20.0. The summed E-state index contributed by atoms with van der Waals surface area (Å²) < 4.78 is 1.64. The van der Waals surface area contributed by atoms with E-state index in [4.69, 9.17) is 0 Å². The topological polar surface area (TPSA) is 89.7 Å². The molecule has 1 fully saturated rings. The van der Waals surface area contributed by atoms with E-state index in [1.165, 1.54) is 5.56 Å². The molecule has 29 heavy (non-hydrogen) atoms. The van der Waals surface area contributed by atoms with Gasteiger partial charge in [0.1, 0.15) is 6.33 Å². The number of nitrogens with zero attached hydrogens (tertiary/aromatic N) is 7. The van der Waals surface area contributed by atoms with Gasteiger partial charge in [0.2, 0.25) is 0 Å². The van der Waals surface area contributed by atoms with Crippen molar-refractivity contribution in [3.63, 3.8) is 0 Å². The Morgan fingerprint density at radius 3 is 3.03 bits per heavy atom. The molecule has 0 spiro atoms. The van der Waals surface area contributed by atoms with E-state index in [0.29, 0.717) is 11.4 Å². The molecule has 0 saturated carbocycles. The highest BCUT2D eigenvalue weighted by Crippen LogP contribution is 2.44. The van der Waals surface area contributed by atoms with Gasteiger partial charge >= 0.3 is 0 Å². The number of fused-ring (bicyclic) bond motifs is 3. The van der Waals surface area contributed by atoms with Crippen LogP contribution in [0.1, 0.15) is 53.6 Å². The Labute approximate surface area is 169 Å². The molecule has 1 aromatic carbocycles. The maximum absolute atomic E-state index is 13.5. The summed E-state index contributed by atoms with van der Waals surface area (Å²) in [4.78, 5) is 24.4. The van der Waals surface area contributed by atoms with Crippen LogP contribution < -0.4 is 0 Å². The molecule has 3 heterocycles. The molecule has 1 aliphatic carbocycles. The molecular weight excluding hydrogens is 366 g/mol. The SMILES string of the molecule is Cc1nnnn1-c1cccc(C(=O)N2CCC[C@@]3(C)c4ncncc4CC[C@@H]23)c1. The van der Waals surface area contributed by atoms with Gasteiger partial charge in [-0.3, -0.25) is 4.79 Å². The van der Waals surface area contributed by atoms with E-state index in [0.717, 1.165) is 43.6 Å². The number of rotatable bonds is 2. The average Bonchev–Trinajstić information content (AvgIpc) is 3.18. The first-order chi connectivity index (χ1) is 14.1. The number of likely N-dealkylation sites (tertiary alicyclic amines) is 1. The Morgan fingerprint density at radius 2 is 2.21 bits per heavy atom. The zero-order valence-electron chi connectivity index (χ0n) is 16.6. The van der Waals surface area contributed by atoms with Gasteiger partial charge in [0.05, 0.1) is 11.4 Å². The van der Waals surface area contributed by atoms with Crippen LogP contribution in [-0.4, -0.2) is 53.6 Å². The Bertz CT molecular complexity index is 1080. The van der Waals surface area contributed by atoms with Crippen LogP contribution in [0.5, 0.6) is 0 Å². The summed E-state index contributed by atoms with van der Waals surface area (Å²) in [5, 5.41) is 11.7. The lowest BCUT2D eigenvalue weighted by atomic mass is 9.65. The van der Waals surface area contributed by atoms with Crippen LogP contribution in [0.25, 0.3) is 5.69 Å². The van der Waals surface area contributed by atoms with Crippen molar-refractivity contribution < 1.29 is 4.79 Å². The first-order valence-corrected chi connectivity index (χ1v) is 10.0. The molecule has 1 aliphatic heterocycles. The highest BCUT2D eigenvalue weighted by molar-refractivity contribution is 5.95. The summed E-state index contributed by atoms with van der Waals surface area (Å²) in [6.07, 6.45) is 7.41. The largest absolute Gasteiger partial charge is 0.335 e. The molecule has 0 unspecified atom stereocenters. The van der Waals surface area contributed by atoms with Crippen LogP contribution in [0.15, 0.2) is 36.8 Å². The van der Waals surface area contributed by atoms with Gasteiger partial charge < -0.3 is 4.90 Å². The first-order valence-electron chi connectivity index (χ1n) is 10.0. The highest BCUT2D eigenvalue weighted by Gasteiger charge is 2.48. The van der Waals surface area contributed by atoms with Crippen LogP contribution in [0, 0.1) is 6.92 Å². The number of carbonyl (C=O) groups excluding carboxylic acids is 1. The Balaban J connectivity index is 1.49. The minimum atomic E-state index is -0.131. The lowest BCUT2D eigenvalue weighted by Crippen LogP contribution is -2.57. The molecule has 0 N–H and O–H groups in total. The van der Waals surface area contributed by atoms with E-state index in [-0.39, 0.29) is 17.4 Å². The third-order valence-electron chi connectivity index (χ3n) is 6.45. The fourth-order valence-corrected chi connectivity index (χ4v) is 5.03. The van der Waals surface area contributed by atoms with E-state index in [2.05, 4.69) is 37.3 Å². The molecule has 0 radical (unpaired) electrons. The smallest absolute Gasteiger partial charge is 0.254 e. The summed E-state index contributed by atoms with van der Waals surface area (Å²) in [7, 11) is 0. The van der Waals surface area contributed by atoms with Crippen LogP contribution in [-0.2, 0) is 11.8 Å². The van der Waals surface area contributed by atoms with Crippen LogP contribution in [0.3, 0.4) is 0 Å². The van der Waals surface area contributed by atoms with Crippen LogP contribution in [0.4, 0.5) is 0 Å². The Morgan fingerprint density at radius 1 is 1.31 bits per heavy atom. The number of hydrogen-bond donors (Lipinski definition) is 0. The van der Waals surface area contributed by atoms with E-state index >= 15 is 0 Å². The minimum Gasteiger partial charge on any atom is -0.335 e. The van der Waals surface area contributed by atoms with Crippen LogP contribution in [0.2, 0.25) is 0 Å². The lowest BCUT2D eigenvalue weighted by molar-refractivity contribution is 0.0379. The Kier molecular flexibility index (Phi) is 4.15. The van der Waals surface area contributed by atoms with Gasteiger partial charge in [-0.2, -0.15) is 4.68 Å². The quantitative estimate of drug-likeness (QED) is 0.668. The summed E-state index contributed by atoms with van der Waals surface area (Å²) in [5.41, 5.74) is 3.65. The number of benzene rings is 1. The first kappa shape index (κ1) is 17.9. The van der Waals surface area contributed by atoms with Gasteiger partial charge in [0, 0.05) is 29.8 Å². The molecule has 2 aromatic heterocycles. The maximum Gasteiger partial charge on any atom is 0.254 e. The van der Waals surface area contributed by atoms with Crippen molar-refractivity contribution in [2.75, 3.05) is 6.54 Å². The minimum absolute atomic E-state index is 0.0611. The molecule has 2 aliphatic rings. The maximum atomic E-state index is 13.5. The second-order valence-electron chi connectivity index (χ2n) is 8.16. The van der Waals surface area contributed by atoms with Crippen molar-refractivity contribution >= 4 is 5.91 Å². The third-order valence-corrected chi connectivity index (χ3v) is 6.45. The predicted octanol–water partition coefficient (Wildman–Crippen LogP) is 2.27. The summed E-state index contributed by atoms with van der Waals surface area (Å²) in [5.74, 6) is 0.745. The number of hydrogen-bond acceptors (Lipinski definition) is 6. The molecule has 148 valence electrons. The molecule has 0 bridgehead atoms. The number of amides is 1. The fraction of sp³-hybridized carbons (Fsp3) is 0.429. The Hall–Kier alpha value is -3.16. The van der Waals surface area contributed by atoms with E-state index in [1.807, 2.05) is 37.4 Å². The number of tetrazole rings is 1. The monoisotopic (exact) mass is 389 g/mol. The number of piperidine rings is 1. The van der Waals surface area contributed by atoms with Crippen molar-refractivity contribution in [2.45, 2.75) is 51.0 Å². The average molecular weight is 389 g/mol. The molecule has 5 rings (SSSR count). The normalized spacial score (nSPS) is 23.4. The predicted molar refractivity (Wildman–Crippen MR) is 106 cm³/mol. The fourth-order valence-electron chi connectivity index (χ4n) is 5.03. The standard InChI is InChI=1S/C21H23N7O/c1-14-24-25-26-28(14)17-6-3-5-15(11-17)20(29)27-10-4-9-21(2)18(27)8-7-16-12-22-13-23-19(16)21/h3,5-6,11-13,18H,4,7-10H2,1-2H3/t18-,21-/m1/s1. The highest BCUT2D eigenvalue weighted by atomic mass is 16.2. The number of carbonyl (C=O) groups is 1. The summed E-state index contributed by atoms with van der Waals surface area (Å²) in [6.45, 7) is 4.86. The number of aryl methyl sites for hydroxylation is 2. The molecule has 1 saturated heterocycles. The van der Waals surface area contributed by atoms with E-state index in [1.54, 1.807) is 11.0 Å². The van der Waals surface area contributed by atoms with E-state index in [9.17, 15) is 4.79 Å². The van der Waals surface area contributed by atoms with Crippen molar-refractivity contribution in [3.05, 3.63) is 59.4 Å². The second kappa shape index (κ2) is 6.72. The number of aromatic nitrogens is 6. The van der Waals surface area contributed by atoms with Gasteiger partial charge in [-0.1, -0.05) is 13.0 Å². The van der Waals surface area contributed by atoms with Gasteiger partial charge in [0.25, 0.3) is 5.91 Å². The van der Waals surface area contributed by atoms with Crippen molar-refractivity contribution in [1.82, 2.24) is 35.1 Å². The molecule has 8 nitrogen and oxygen atoms in total. The van der Waals surface area contributed by atoms with Crippen molar-refractivity contribution in [3.8, 4) is 5.69 Å². The van der Waals surface area contributed by atoms with Gasteiger partial charge in [0.15, 0.2) is 5.82 Å². The van der Waals surface area contributed by atoms with Gasteiger partial charge in [-0.05, 0) is 66.8 Å². The molecule has 1 amide bonds. The lowest BCUT2D eigenvalue weighted by Gasteiger charge is -2.51. The van der Waals surface area contributed by atoms with Crippen molar-refractivity contribution in [2.24, 2.45) is 0 Å². The molecule has 8 heteroatoms. The van der Waals surface area contributed by atoms with Crippen LogP contribution >= 0.6 is 0 Å². The second-order valence-corrected chi connectivity index (χ2v) is 8.16. The zero-order valence-corrected chi connectivity index (χ0v) is 16.6. The summed E-state index contributed by atoms with van der Waals surface area (Å²) >= 11 is 0. The van der Waals surface area contributed by atoms with Gasteiger partial charge in [-0.25, -0.2) is 9.97 Å².